The van der Waals surface area contributed by atoms with Crippen molar-refractivity contribution in [3.05, 3.63) is 72.0 Å². The van der Waals surface area contributed by atoms with Gasteiger partial charge in [-0.05, 0) is 48.0 Å². The normalized spacial score (nSPS) is 10.8. The summed E-state index contributed by atoms with van der Waals surface area (Å²) in [7, 11) is 3.17. The average molecular weight is 379 g/mol. The van der Waals surface area contributed by atoms with Crippen LogP contribution in [-0.4, -0.2) is 28.8 Å². The minimum Gasteiger partial charge on any atom is -0.497 e. The third-order valence-corrected chi connectivity index (χ3v) is 4.24. The van der Waals surface area contributed by atoms with Crippen LogP contribution in [0, 0.1) is 5.82 Å². The SMILES string of the molecule is COc1cccc(COc2ccc3nc(-c4ccc(F)cc4)c(OC)n3n2)c1. The van der Waals surface area contributed by atoms with E-state index in [4.69, 9.17) is 14.2 Å². The van der Waals surface area contributed by atoms with Gasteiger partial charge >= 0.3 is 0 Å². The van der Waals surface area contributed by atoms with E-state index >= 15 is 0 Å². The molecule has 7 heteroatoms. The lowest BCUT2D eigenvalue weighted by molar-refractivity contribution is 0.286. The molecule has 0 unspecified atom stereocenters. The second-order valence-electron chi connectivity index (χ2n) is 6.06. The zero-order valence-corrected chi connectivity index (χ0v) is 15.4. The molecule has 28 heavy (non-hydrogen) atoms. The molecule has 0 aliphatic rings. The van der Waals surface area contributed by atoms with Gasteiger partial charge in [0.1, 0.15) is 23.9 Å². The van der Waals surface area contributed by atoms with Crippen molar-refractivity contribution < 1.29 is 18.6 Å². The van der Waals surface area contributed by atoms with Gasteiger partial charge in [0.05, 0.1) is 14.2 Å². The summed E-state index contributed by atoms with van der Waals surface area (Å²) in [5.41, 5.74) is 2.89. The first-order valence-electron chi connectivity index (χ1n) is 8.63. The monoisotopic (exact) mass is 379 g/mol. The molecule has 4 rings (SSSR count). The summed E-state index contributed by atoms with van der Waals surface area (Å²) in [6.45, 7) is 0.345. The molecular formula is C21H18FN3O3. The number of aromatic nitrogens is 3. The molecule has 2 heterocycles. The molecular weight excluding hydrogens is 361 g/mol. The van der Waals surface area contributed by atoms with Crippen molar-refractivity contribution in [1.29, 1.82) is 0 Å². The predicted molar refractivity (Wildman–Crippen MR) is 102 cm³/mol. The zero-order valence-electron chi connectivity index (χ0n) is 15.4. The van der Waals surface area contributed by atoms with Crippen LogP contribution < -0.4 is 14.2 Å². The molecule has 0 fully saturated rings. The van der Waals surface area contributed by atoms with Gasteiger partial charge in [0, 0.05) is 11.6 Å². The first-order chi connectivity index (χ1) is 13.7. The quantitative estimate of drug-likeness (QED) is 0.504. The summed E-state index contributed by atoms with van der Waals surface area (Å²) in [5, 5.41) is 4.47. The van der Waals surface area contributed by atoms with Crippen LogP contribution in [0.1, 0.15) is 5.56 Å². The van der Waals surface area contributed by atoms with Crippen LogP contribution >= 0.6 is 0 Å². The van der Waals surface area contributed by atoms with Crippen molar-refractivity contribution in [3.63, 3.8) is 0 Å². The van der Waals surface area contributed by atoms with Gasteiger partial charge in [-0.3, -0.25) is 0 Å². The highest BCUT2D eigenvalue weighted by Gasteiger charge is 2.16. The smallest absolute Gasteiger partial charge is 0.243 e. The molecule has 0 saturated carbocycles. The van der Waals surface area contributed by atoms with Gasteiger partial charge in [-0.25, -0.2) is 9.37 Å². The fraction of sp³-hybridized carbons (Fsp3) is 0.143. The Balaban J connectivity index is 1.63. The molecule has 6 nitrogen and oxygen atoms in total. The van der Waals surface area contributed by atoms with Crippen LogP contribution in [0.4, 0.5) is 4.39 Å². The molecule has 0 bridgehead atoms. The Bertz CT molecular complexity index is 1110. The summed E-state index contributed by atoms with van der Waals surface area (Å²) >= 11 is 0. The van der Waals surface area contributed by atoms with E-state index in [1.165, 1.54) is 12.1 Å². The van der Waals surface area contributed by atoms with E-state index in [-0.39, 0.29) is 5.82 Å². The third kappa shape index (κ3) is 3.46. The number of hydrogen-bond acceptors (Lipinski definition) is 5. The summed E-state index contributed by atoms with van der Waals surface area (Å²) in [6.07, 6.45) is 0. The fourth-order valence-corrected chi connectivity index (χ4v) is 2.87. The third-order valence-electron chi connectivity index (χ3n) is 4.24. The molecule has 2 aromatic heterocycles. The van der Waals surface area contributed by atoms with E-state index in [1.54, 1.807) is 43.0 Å². The molecule has 0 atom stereocenters. The molecule has 0 spiro atoms. The molecule has 0 aliphatic carbocycles. The highest BCUT2D eigenvalue weighted by Crippen LogP contribution is 2.30. The van der Waals surface area contributed by atoms with Crippen molar-refractivity contribution in [2.45, 2.75) is 6.61 Å². The number of ether oxygens (including phenoxy) is 3. The second-order valence-corrected chi connectivity index (χ2v) is 6.06. The Morgan fingerprint density at radius 1 is 0.964 bits per heavy atom. The predicted octanol–water partition coefficient (Wildman–Crippen LogP) is 4.13. The van der Waals surface area contributed by atoms with E-state index in [0.29, 0.717) is 29.7 Å². The summed E-state index contributed by atoms with van der Waals surface area (Å²) < 4.78 is 31.3. The van der Waals surface area contributed by atoms with E-state index in [2.05, 4.69) is 10.1 Å². The molecule has 0 radical (unpaired) electrons. The molecule has 0 N–H and O–H groups in total. The molecule has 2 aromatic carbocycles. The van der Waals surface area contributed by atoms with Gasteiger partial charge in [0.15, 0.2) is 5.65 Å². The number of rotatable bonds is 6. The van der Waals surface area contributed by atoms with Crippen LogP contribution in [-0.2, 0) is 6.61 Å². The van der Waals surface area contributed by atoms with E-state index in [1.807, 2.05) is 24.3 Å². The number of imidazole rings is 1. The Hall–Kier alpha value is -3.61. The lowest BCUT2D eigenvalue weighted by atomic mass is 10.1. The molecule has 4 aromatic rings. The summed E-state index contributed by atoms with van der Waals surface area (Å²) in [5.74, 6) is 1.34. The lowest BCUT2D eigenvalue weighted by Crippen LogP contribution is -2.02. The van der Waals surface area contributed by atoms with Gasteiger partial charge in [0.25, 0.3) is 0 Å². The standard InChI is InChI=1S/C21H18FN3O3/c1-26-17-5-3-4-14(12-17)13-28-19-11-10-18-23-20(21(27-2)25(18)24-19)15-6-8-16(22)9-7-15/h3-12H,13H2,1-2H3. The minimum absolute atomic E-state index is 0.308. The van der Waals surface area contributed by atoms with Crippen molar-refractivity contribution in [2.24, 2.45) is 0 Å². The van der Waals surface area contributed by atoms with Gasteiger partial charge in [0.2, 0.25) is 11.8 Å². The summed E-state index contributed by atoms with van der Waals surface area (Å²) in [4.78, 5) is 4.55. The van der Waals surface area contributed by atoms with Crippen molar-refractivity contribution in [1.82, 2.24) is 14.6 Å². The maximum absolute atomic E-state index is 13.2. The number of benzene rings is 2. The first-order valence-corrected chi connectivity index (χ1v) is 8.63. The van der Waals surface area contributed by atoms with Crippen LogP contribution in [0.3, 0.4) is 0 Å². The largest absolute Gasteiger partial charge is 0.497 e. The first kappa shape index (κ1) is 17.8. The molecule has 0 amide bonds. The number of methoxy groups -OCH3 is 2. The van der Waals surface area contributed by atoms with Crippen molar-refractivity contribution in [3.8, 4) is 28.8 Å². The van der Waals surface area contributed by atoms with Gasteiger partial charge in [-0.15, -0.1) is 5.10 Å². The Kier molecular flexibility index (Phi) is 4.80. The van der Waals surface area contributed by atoms with Gasteiger partial charge in [-0.1, -0.05) is 12.1 Å². The minimum atomic E-state index is -0.308. The van der Waals surface area contributed by atoms with E-state index in [9.17, 15) is 4.39 Å². The number of halogens is 1. The van der Waals surface area contributed by atoms with Crippen LogP contribution in [0.25, 0.3) is 16.9 Å². The van der Waals surface area contributed by atoms with Crippen LogP contribution in [0.15, 0.2) is 60.7 Å². The maximum Gasteiger partial charge on any atom is 0.243 e. The molecule has 142 valence electrons. The highest BCUT2D eigenvalue weighted by atomic mass is 19.1. The summed E-state index contributed by atoms with van der Waals surface area (Å²) in [6, 6.07) is 17.3. The Labute approximate surface area is 161 Å². The molecule has 0 aliphatic heterocycles. The fourth-order valence-electron chi connectivity index (χ4n) is 2.87. The number of nitrogens with zero attached hydrogens (tertiary/aromatic N) is 3. The zero-order chi connectivity index (χ0) is 19.5. The average Bonchev–Trinajstić information content (AvgIpc) is 3.10. The van der Waals surface area contributed by atoms with Crippen LogP contribution in [0.2, 0.25) is 0 Å². The van der Waals surface area contributed by atoms with Gasteiger partial charge in [-0.2, -0.15) is 4.52 Å². The number of fused-ring (bicyclic) bond motifs is 1. The number of hydrogen-bond donors (Lipinski definition) is 0. The van der Waals surface area contributed by atoms with Crippen LogP contribution in [0.5, 0.6) is 17.5 Å². The van der Waals surface area contributed by atoms with Crippen molar-refractivity contribution >= 4 is 5.65 Å². The lowest BCUT2D eigenvalue weighted by Gasteiger charge is -2.08. The topological polar surface area (TPSA) is 57.9 Å². The van der Waals surface area contributed by atoms with Gasteiger partial charge < -0.3 is 14.2 Å². The Morgan fingerprint density at radius 2 is 1.79 bits per heavy atom. The second kappa shape index (κ2) is 7.56. The molecule has 0 saturated heterocycles. The van der Waals surface area contributed by atoms with E-state index in [0.717, 1.165) is 16.9 Å². The maximum atomic E-state index is 13.2. The highest BCUT2D eigenvalue weighted by molar-refractivity contribution is 5.69. The van der Waals surface area contributed by atoms with E-state index < -0.39 is 0 Å². The Morgan fingerprint density at radius 3 is 2.54 bits per heavy atom. The van der Waals surface area contributed by atoms with Crippen molar-refractivity contribution in [2.75, 3.05) is 14.2 Å².